The number of carboxylic acid groups (broad SMARTS) is 2. The van der Waals surface area contributed by atoms with Crippen LogP contribution in [0.25, 0.3) is 0 Å². The van der Waals surface area contributed by atoms with Crippen molar-refractivity contribution in [2.24, 2.45) is 0 Å². The summed E-state index contributed by atoms with van der Waals surface area (Å²) in [5.74, 6) is -1.31. The lowest BCUT2D eigenvalue weighted by atomic mass is 9.90. The van der Waals surface area contributed by atoms with Crippen molar-refractivity contribution in [1.82, 2.24) is 9.88 Å². The van der Waals surface area contributed by atoms with Gasteiger partial charge in [-0.15, -0.1) is 0 Å². The lowest BCUT2D eigenvalue weighted by molar-refractivity contribution is 0.0682. The summed E-state index contributed by atoms with van der Waals surface area (Å²) in [6.07, 6.45) is 3.20. The highest BCUT2D eigenvalue weighted by Crippen LogP contribution is 2.28. The van der Waals surface area contributed by atoms with Crippen molar-refractivity contribution in [2.45, 2.75) is 25.3 Å². The highest BCUT2D eigenvalue weighted by atomic mass is 16.4. The summed E-state index contributed by atoms with van der Waals surface area (Å²) in [7, 11) is 0. The molecule has 0 amide bonds. The molecule has 1 saturated heterocycles. The maximum absolute atomic E-state index is 10.9. The fourth-order valence-electron chi connectivity index (χ4n) is 3.04. The predicted octanol–water partition coefficient (Wildman–Crippen LogP) is 2.45. The molecule has 2 heterocycles. The van der Waals surface area contributed by atoms with Crippen molar-refractivity contribution in [1.29, 1.82) is 0 Å². The van der Waals surface area contributed by atoms with Gasteiger partial charge in [-0.3, -0.25) is 4.90 Å². The van der Waals surface area contributed by atoms with Crippen LogP contribution in [0.1, 0.15) is 51.1 Å². The lowest BCUT2D eigenvalue weighted by Gasteiger charge is -2.32. The van der Waals surface area contributed by atoms with Crippen LogP contribution in [0.5, 0.6) is 0 Å². The standard InChI is InChI=1S/C17H18N2O5/c20-16(21)12-5-3-11(4-6-12)13-2-1-7-19(8-13)9-15-18-14(10-24-15)17(22)23/h3-6,10,13H,1-2,7-9H2,(H,20,21)(H,22,23)/t13-/m0/s1. The van der Waals surface area contributed by atoms with Crippen LogP contribution in [-0.4, -0.2) is 45.1 Å². The van der Waals surface area contributed by atoms with Gasteiger partial charge in [0, 0.05) is 6.54 Å². The third kappa shape index (κ3) is 3.62. The van der Waals surface area contributed by atoms with Gasteiger partial charge in [-0.05, 0) is 43.0 Å². The van der Waals surface area contributed by atoms with Gasteiger partial charge in [0.25, 0.3) is 0 Å². The zero-order chi connectivity index (χ0) is 17.1. The van der Waals surface area contributed by atoms with Crippen LogP contribution in [0.4, 0.5) is 0 Å². The molecule has 0 spiro atoms. The van der Waals surface area contributed by atoms with E-state index in [9.17, 15) is 9.59 Å². The average molecular weight is 330 g/mol. The minimum atomic E-state index is -1.10. The molecule has 24 heavy (non-hydrogen) atoms. The molecule has 1 aliphatic rings. The van der Waals surface area contributed by atoms with Gasteiger partial charge in [-0.1, -0.05) is 12.1 Å². The molecule has 7 nitrogen and oxygen atoms in total. The second kappa shape index (κ2) is 6.84. The number of aromatic nitrogens is 1. The fourth-order valence-corrected chi connectivity index (χ4v) is 3.04. The van der Waals surface area contributed by atoms with E-state index in [1.807, 2.05) is 12.1 Å². The molecule has 0 bridgehead atoms. The normalized spacial score (nSPS) is 18.4. The van der Waals surface area contributed by atoms with Crippen LogP contribution in [0.15, 0.2) is 34.9 Å². The Labute approximate surface area is 138 Å². The molecule has 1 aromatic carbocycles. The average Bonchev–Trinajstić information content (AvgIpc) is 3.04. The van der Waals surface area contributed by atoms with Crippen LogP contribution in [-0.2, 0) is 6.54 Å². The van der Waals surface area contributed by atoms with E-state index in [0.717, 1.165) is 37.8 Å². The molecule has 2 aromatic rings. The number of nitrogens with zero attached hydrogens (tertiary/aromatic N) is 2. The molecule has 1 aromatic heterocycles. The van der Waals surface area contributed by atoms with Crippen LogP contribution in [0, 0.1) is 0 Å². The van der Waals surface area contributed by atoms with Gasteiger partial charge < -0.3 is 14.6 Å². The Morgan fingerprint density at radius 1 is 1.21 bits per heavy atom. The molecule has 2 N–H and O–H groups in total. The van der Waals surface area contributed by atoms with Gasteiger partial charge in [0.1, 0.15) is 6.26 Å². The predicted molar refractivity (Wildman–Crippen MR) is 84.1 cm³/mol. The topological polar surface area (TPSA) is 104 Å². The van der Waals surface area contributed by atoms with E-state index in [4.69, 9.17) is 14.6 Å². The molecule has 0 saturated carbocycles. The van der Waals surface area contributed by atoms with Gasteiger partial charge in [0.05, 0.1) is 12.1 Å². The maximum atomic E-state index is 10.9. The molecular weight excluding hydrogens is 312 g/mol. The maximum Gasteiger partial charge on any atom is 0.357 e. The smallest absolute Gasteiger partial charge is 0.357 e. The number of rotatable bonds is 5. The number of carboxylic acids is 2. The quantitative estimate of drug-likeness (QED) is 0.867. The summed E-state index contributed by atoms with van der Waals surface area (Å²) < 4.78 is 5.21. The Balaban J connectivity index is 1.65. The van der Waals surface area contributed by atoms with Gasteiger partial charge >= 0.3 is 11.9 Å². The zero-order valence-corrected chi connectivity index (χ0v) is 13.0. The number of carbonyl (C=O) groups is 2. The van der Waals surface area contributed by atoms with Crippen molar-refractivity contribution in [3.63, 3.8) is 0 Å². The summed E-state index contributed by atoms with van der Waals surface area (Å²) >= 11 is 0. The summed E-state index contributed by atoms with van der Waals surface area (Å²) in [6, 6.07) is 6.99. The van der Waals surface area contributed by atoms with E-state index in [0.29, 0.717) is 18.4 Å². The van der Waals surface area contributed by atoms with Gasteiger partial charge in [0.2, 0.25) is 5.89 Å². The Morgan fingerprint density at radius 2 is 1.96 bits per heavy atom. The van der Waals surface area contributed by atoms with E-state index >= 15 is 0 Å². The Kier molecular flexibility index (Phi) is 4.61. The third-order valence-corrected chi connectivity index (χ3v) is 4.26. The number of aromatic carboxylic acids is 2. The molecule has 0 radical (unpaired) electrons. The number of oxazole rings is 1. The zero-order valence-electron chi connectivity index (χ0n) is 13.0. The molecule has 1 aliphatic heterocycles. The van der Waals surface area contributed by atoms with Crippen molar-refractivity contribution in [2.75, 3.05) is 13.1 Å². The molecule has 0 aliphatic carbocycles. The largest absolute Gasteiger partial charge is 0.478 e. The van der Waals surface area contributed by atoms with E-state index in [1.54, 1.807) is 12.1 Å². The highest BCUT2D eigenvalue weighted by molar-refractivity contribution is 5.87. The number of hydrogen-bond donors (Lipinski definition) is 2. The first kappa shape index (κ1) is 16.2. The van der Waals surface area contributed by atoms with E-state index < -0.39 is 11.9 Å². The summed E-state index contributed by atoms with van der Waals surface area (Å²) in [4.78, 5) is 27.9. The Hall–Kier alpha value is -2.67. The molecule has 1 atom stereocenters. The van der Waals surface area contributed by atoms with E-state index in [-0.39, 0.29) is 11.3 Å². The second-order valence-electron chi connectivity index (χ2n) is 5.93. The number of benzene rings is 1. The first-order chi connectivity index (χ1) is 11.5. The number of piperidine rings is 1. The molecule has 0 unspecified atom stereocenters. The number of hydrogen-bond acceptors (Lipinski definition) is 5. The molecule has 126 valence electrons. The second-order valence-corrected chi connectivity index (χ2v) is 5.93. The van der Waals surface area contributed by atoms with Gasteiger partial charge in [-0.2, -0.15) is 0 Å². The number of likely N-dealkylation sites (tertiary alicyclic amines) is 1. The monoisotopic (exact) mass is 330 g/mol. The summed E-state index contributed by atoms with van der Waals surface area (Å²) in [5, 5.41) is 17.8. The van der Waals surface area contributed by atoms with Crippen LogP contribution >= 0.6 is 0 Å². The Bertz CT molecular complexity index is 738. The van der Waals surface area contributed by atoms with Gasteiger partial charge in [0.15, 0.2) is 5.69 Å². The van der Waals surface area contributed by atoms with Crippen LogP contribution in [0.3, 0.4) is 0 Å². The molecule has 3 rings (SSSR count). The van der Waals surface area contributed by atoms with Crippen molar-refractivity contribution >= 4 is 11.9 Å². The third-order valence-electron chi connectivity index (χ3n) is 4.26. The molecule has 1 fully saturated rings. The van der Waals surface area contributed by atoms with Crippen molar-refractivity contribution in [3.05, 3.63) is 53.2 Å². The van der Waals surface area contributed by atoms with Crippen molar-refractivity contribution in [3.8, 4) is 0 Å². The summed E-state index contributed by atoms with van der Waals surface area (Å²) in [6.45, 7) is 2.17. The SMILES string of the molecule is O=C(O)c1ccc([C@H]2CCCN(Cc3nc(C(=O)O)co3)C2)cc1. The van der Waals surface area contributed by atoms with Gasteiger partial charge in [-0.25, -0.2) is 14.6 Å². The van der Waals surface area contributed by atoms with Crippen molar-refractivity contribution < 1.29 is 24.2 Å². The van der Waals surface area contributed by atoms with E-state index in [2.05, 4.69) is 9.88 Å². The molecule has 7 heteroatoms. The highest BCUT2D eigenvalue weighted by Gasteiger charge is 2.23. The minimum absolute atomic E-state index is 0.0807. The van der Waals surface area contributed by atoms with Crippen LogP contribution < -0.4 is 0 Å². The fraction of sp³-hybridized carbons (Fsp3) is 0.353. The first-order valence-electron chi connectivity index (χ1n) is 7.76. The summed E-state index contributed by atoms with van der Waals surface area (Å²) in [5.41, 5.74) is 1.32. The minimum Gasteiger partial charge on any atom is -0.478 e. The lowest BCUT2D eigenvalue weighted by Crippen LogP contribution is -2.34. The van der Waals surface area contributed by atoms with Crippen LogP contribution in [0.2, 0.25) is 0 Å². The first-order valence-corrected chi connectivity index (χ1v) is 7.76. The van der Waals surface area contributed by atoms with E-state index in [1.165, 1.54) is 0 Å². The Morgan fingerprint density at radius 3 is 2.58 bits per heavy atom. The molecular formula is C17H18N2O5.